The van der Waals surface area contributed by atoms with Gasteiger partial charge in [0.15, 0.2) is 0 Å². The van der Waals surface area contributed by atoms with E-state index >= 15 is 0 Å². The van der Waals surface area contributed by atoms with Crippen LogP contribution in [0.15, 0.2) is 48.5 Å². The van der Waals surface area contributed by atoms with Gasteiger partial charge in [0.2, 0.25) is 5.91 Å². The Hall–Kier alpha value is -3.02. The summed E-state index contributed by atoms with van der Waals surface area (Å²) in [6.45, 7) is 2.24. The molecule has 0 radical (unpaired) electrons. The maximum absolute atomic E-state index is 12.8. The summed E-state index contributed by atoms with van der Waals surface area (Å²) in [7, 11) is 1.66. The summed E-state index contributed by atoms with van der Waals surface area (Å²) in [4.78, 5) is 19.9. The molecule has 2 aromatic carbocycles. The first-order valence-corrected chi connectivity index (χ1v) is 11.7. The molecule has 2 aliphatic rings. The number of methoxy groups -OCH3 is 1. The van der Waals surface area contributed by atoms with Crippen LogP contribution in [0.4, 0.5) is 0 Å². The molecule has 0 spiro atoms. The number of nitrogens with zero attached hydrogens (tertiary/aromatic N) is 3. The quantitative estimate of drug-likeness (QED) is 0.480. The smallest absolute Gasteiger partial charge is 0.223 e. The predicted molar refractivity (Wildman–Crippen MR) is 124 cm³/mol. The Balaban J connectivity index is 1.29. The van der Waals surface area contributed by atoms with Gasteiger partial charge < -0.3 is 18.9 Å². The molecular formula is C26H31N3O3. The Bertz CT molecular complexity index is 1070. The number of ether oxygens (including phenoxy) is 2. The highest BCUT2D eigenvalue weighted by atomic mass is 16.5. The number of aromatic nitrogens is 2. The second kappa shape index (κ2) is 9.23. The van der Waals surface area contributed by atoms with Crippen molar-refractivity contribution in [3.8, 4) is 11.5 Å². The van der Waals surface area contributed by atoms with E-state index in [1.807, 2.05) is 30.3 Å². The third-order valence-electron chi connectivity index (χ3n) is 6.83. The lowest BCUT2D eigenvalue weighted by Crippen LogP contribution is -2.34. The Morgan fingerprint density at radius 3 is 2.56 bits per heavy atom. The zero-order chi connectivity index (χ0) is 21.9. The van der Waals surface area contributed by atoms with Crippen molar-refractivity contribution in [2.24, 2.45) is 0 Å². The van der Waals surface area contributed by atoms with Gasteiger partial charge in [-0.3, -0.25) is 4.79 Å². The standard InChI is InChI=1S/C26H31N3O3/c1-31-21-11-13-22(14-12-21)32-16-6-15-28-24-10-5-4-9-23(24)27-26(28)19-17-25(30)29(18-19)20-7-2-3-8-20/h4-5,9-14,19-20H,2-3,6-8,15-18H2,1H3. The van der Waals surface area contributed by atoms with E-state index in [9.17, 15) is 4.79 Å². The van der Waals surface area contributed by atoms with Crippen LogP contribution in [0, 0.1) is 0 Å². The topological polar surface area (TPSA) is 56.6 Å². The van der Waals surface area contributed by atoms with Crippen LogP contribution < -0.4 is 9.47 Å². The fourth-order valence-corrected chi connectivity index (χ4v) is 5.20. The van der Waals surface area contributed by atoms with Crippen LogP contribution in [0.2, 0.25) is 0 Å². The van der Waals surface area contributed by atoms with Crippen LogP contribution in [-0.4, -0.2) is 46.7 Å². The van der Waals surface area contributed by atoms with Crippen LogP contribution in [0.25, 0.3) is 11.0 Å². The number of benzene rings is 2. The number of likely N-dealkylation sites (tertiary alicyclic amines) is 1. The molecule has 1 aliphatic carbocycles. The van der Waals surface area contributed by atoms with E-state index in [-0.39, 0.29) is 5.92 Å². The second-order valence-corrected chi connectivity index (χ2v) is 8.87. The van der Waals surface area contributed by atoms with Crippen molar-refractivity contribution in [1.29, 1.82) is 0 Å². The van der Waals surface area contributed by atoms with Crippen molar-refractivity contribution in [2.75, 3.05) is 20.3 Å². The van der Waals surface area contributed by atoms with Crippen LogP contribution >= 0.6 is 0 Å². The lowest BCUT2D eigenvalue weighted by atomic mass is 10.1. The van der Waals surface area contributed by atoms with Gasteiger partial charge in [-0.25, -0.2) is 4.98 Å². The highest BCUT2D eigenvalue weighted by Crippen LogP contribution is 2.35. The molecule has 1 aromatic heterocycles. The van der Waals surface area contributed by atoms with E-state index in [0.717, 1.165) is 60.7 Å². The average molecular weight is 434 g/mol. The minimum atomic E-state index is 0.165. The summed E-state index contributed by atoms with van der Waals surface area (Å²) in [5.41, 5.74) is 2.14. The van der Waals surface area contributed by atoms with Crippen molar-refractivity contribution in [3.05, 3.63) is 54.4 Å². The van der Waals surface area contributed by atoms with Gasteiger partial charge >= 0.3 is 0 Å². The van der Waals surface area contributed by atoms with Gasteiger partial charge in [-0.1, -0.05) is 25.0 Å². The molecule has 5 rings (SSSR count). The molecule has 1 unspecified atom stereocenters. The molecule has 2 fully saturated rings. The van der Waals surface area contributed by atoms with E-state index in [2.05, 4.69) is 27.7 Å². The fourth-order valence-electron chi connectivity index (χ4n) is 5.20. The lowest BCUT2D eigenvalue weighted by Gasteiger charge is -2.24. The van der Waals surface area contributed by atoms with E-state index in [4.69, 9.17) is 14.5 Å². The molecule has 3 aromatic rings. The van der Waals surface area contributed by atoms with Gasteiger partial charge in [0.1, 0.15) is 17.3 Å². The van der Waals surface area contributed by atoms with Crippen molar-refractivity contribution >= 4 is 16.9 Å². The number of carbonyl (C=O) groups is 1. The number of hydrogen-bond acceptors (Lipinski definition) is 4. The molecule has 1 aliphatic heterocycles. The molecule has 0 bridgehead atoms. The molecule has 1 atom stereocenters. The van der Waals surface area contributed by atoms with Gasteiger partial charge in [0.25, 0.3) is 0 Å². The SMILES string of the molecule is COc1ccc(OCCCn2c(C3CC(=O)N(C4CCCC4)C3)nc3ccccc32)cc1. The molecule has 1 saturated heterocycles. The summed E-state index contributed by atoms with van der Waals surface area (Å²) in [5, 5.41) is 0. The molecule has 0 N–H and O–H groups in total. The normalized spacial score (nSPS) is 19.2. The average Bonchev–Trinajstić information content (AvgIpc) is 3.56. The predicted octanol–water partition coefficient (Wildman–Crippen LogP) is 4.77. The molecule has 1 saturated carbocycles. The summed E-state index contributed by atoms with van der Waals surface area (Å²) in [6, 6.07) is 16.4. The van der Waals surface area contributed by atoms with Gasteiger partial charge in [-0.2, -0.15) is 0 Å². The zero-order valence-corrected chi connectivity index (χ0v) is 18.7. The van der Waals surface area contributed by atoms with Gasteiger partial charge in [0, 0.05) is 31.5 Å². The lowest BCUT2D eigenvalue weighted by molar-refractivity contribution is -0.129. The molecule has 168 valence electrons. The van der Waals surface area contributed by atoms with Crippen molar-refractivity contribution in [3.63, 3.8) is 0 Å². The highest BCUT2D eigenvalue weighted by molar-refractivity contribution is 5.81. The number of fused-ring (bicyclic) bond motifs is 1. The van der Waals surface area contributed by atoms with E-state index < -0.39 is 0 Å². The minimum Gasteiger partial charge on any atom is -0.497 e. The Morgan fingerprint density at radius 2 is 1.78 bits per heavy atom. The van der Waals surface area contributed by atoms with E-state index in [1.54, 1.807) is 7.11 Å². The van der Waals surface area contributed by atoms with Crippen LogP contribution in [0.1, 0.15) is 50.3 Å². The number of rotatable bonds is 8. The number of para-hydroxylation sites is 2. The van der Waals surface area contributed by atoms with E-state index in [1.165, 1.54) is 12.8 Å². The van der Waals surface area contributed by atoms with Crippen LogP contribution in [0.5, 0.6) is 11.5 Å². The zero-order valence-electron chi connectivity index (χ0n) is 18.7. The minimum absolute atomic E-state index is 0.165. The van der Waals surface area contributed by atoms with Gasteiger partial charge in [-0.15, -0.1) is 0 Å². The molecule has 1 amide bonds. The number of imidazole rings is 1. The van der Waals surface area contributed by atoms with Crippen LogP contribution in [-0.2, 0) is 11.3 Å². The number of aryl methyl sites for hydroxylation is 1. The molecule has 32 heavy (non-hydrogen) atoms. The van der Waals surface area contributed by atoms with Crippen molar-refractivity contribution < 1.29 is 14.3 Å². The number of amides is 1. The molecular weight excluding hydrogens is 402 g/mol. The first-order chi connectivity index (χ1) is 15.7. The number of hydrogen-bond donors (Lipinski definition) is 0. The Morgan fingerprint density at radius 1 is 1.03 bits per heavy atom. The summed E-state index contributed by atoms with van der Waals surface area (Å²) >= 11 is 0. The van der Waals surface area contributed by atoms with Gasteiger partial charge in [-0.05, 0) is 55.7 Å². The summed E-state index contributed by atoms with van der Waals surface area (Å²) in [5.74, 6) is 3.17. The fraction of sp³-hybridized carbons (Fsp3) is 0.462. The second-order valence-electron chi connectivity index (χ2n) is 8.87. The first-order valence-electron chi connectivity index (χ1n) is 11.7. The highest BCUT2D eigenvalue weighted by Gasteiger charge is 2.38. The van der Waals surface area contributed by atoms with Crippen molar-refractivity contribution in [1.82, 2.24) is 14.5 Å². The Labute approximate surface area is 189 Å². The summed E-state index contributed by atoms with van der Waals surface area (Å²) in [6.07, 6.45) is 6.22. The molecule has 6 heteroatoms. The Kier molecular flexibility index (Phi) is 6.02. The largest absolute Gasteiger partial charge is 0.497 e. The third kappa shape index (κ3) is 4.18. The van der Waals surface area contributed by atoms with Crippen LogP contribution in [0.3, 0.4) is 0 Å². The third-order valence-corrected chi connectivity index (χ3v) is 6.83. The van der Waals surface area contributed by atoms with Gasteiger partial charge in [0.05, 0.1) is 24.8 Å². The van der Waals surface area contributed by atoms with Crippen molar-refractivity contribution in [2.45, 2.75) is 57.0 Å². The maximum Gasteiger partial charge on any atom is 0.223 e. The first kappa shape index (κ1) is 20.9. The summed E-state index contributed by atoms with van der Waals surface area (Å²) < 4.78 is 13.4. The molecule has 2 heterocycles. The molecule has 6 nitrogen and oxygen atoms in total. The number of carbonyl (C=O) groups excluding carboxylic acids is 1. The monoisotopic (exact) mass is 433 g/mol. The van der Waals surface area contributed by atoms with E-state index in [0.29, 0.717) is 25.0 Å². The maximum atomic E-state index is 12.8.